The van der Waals surface area contributed by atoms with Gasteiger partial charge in [0.2, 0.25) is 5.95 Å². The zero-order valence-electron chi connectivity index (χ0n) is 9.98. The third kappa shape index (κ3) is 3.99. The van der Waals surface area contributed by atoms with Crippen molar-refractivity contribution in [2.45, 2.75) is 6.36 Å². The maximum Gasteiger partial charge on any atom is 0.573 e. The molecule has 0 saturated carbocycles. The summed E-state index contributed by atoms with van der Waals surface area (Å²) in [6.07, 6.45) is -3.23. The van der Waals surface area contributed by atoms with Crippen LogP contribution in [0.25, 0.3) is 0 Å². The number of rotatable bonds is 4. The van der Waals surface area contributed by atoms with Crippen molar-refractivity contribution in [1.82, 2.24) is 9.97 Å². The zero-order chi connectivity index (χ0) is 14.6. The predicted octanol–water partition coefficient (Wildman–Crippen LogP) is 2.40. The van der Waals surface area contributed by atoms with Crippen LogP contribution in [0.15, 0.2) is 36.5 Å². The molecule has 0 aliphatic heterocycles. The molecule has 1 aromatic heterocycles. The predicted molar refractivity (Wildman–Crippen MR) is 66.2 cm³/mol. The minimum Gasteiger partial charge on any atom is -0.406 e. The fourth-order valence-electron chi connectivity index (χ4n) is 1.39. The molecule has 106 valence electrons. The first-order valence-electron chi connectivity index (χ1n) is 5.39. The van der Waals surface area contributed by atoms with Gasteiger partial charge in [-0.2, -0.15) is 4.98 Å². The molecule has 0 radical (unpaired) electrons. The van der Waals surface area contributed by atoms with Gasteiger partial charge in [0.1, 0.15) is 11.6 Å². The molecule has 0 amide bonds. The van der Waals surface area contributed by atoms with Crippen LogP contribution in [-0.2, 0) is 0 Å². The van der Waals surface area contributed by atoms with Crippen LogP contribution in [0, 0.1) is 0 Å². The summed E-state index contributed by atoms with van der Waals surface area (Å²) in [4.78, 5) is 7.82. The summed E-state index contributed by atoms with van der Waals surface area (Å²) in [6, 6.07) is 6.83. The van der Waals surface area contributed by atoms with Crippen LogP contribution in [0.5, 0.6) is 5.75 Å². The van der Waals surface area contributed by atoms with Crippen LogP contribution < -0.4 is 21.3 Å². The SMILES string of the molecule is NNc1nccc(Nc2ccc(OC(F)(F)F)cc2)n1. The molecule has 0 bridgehead atoms. The number of hydrogen-bond donors (Lipinski definition) is 3. The summed E-state index contributed by atoms with van der Waals surface area (Å²) in [5.74, 6) is 5.53. The molecule has 0 aliphatic carbocycles. The number of ether oxygens (including phenoxy) is 1. The van der Waals surface area contributed by atoms with Gasteiger partial charge in [-0.25, -0.2) is 10.8 Å². The minimum absolute atomic E-state index is 0.215. The average Bonchev–Trinajstić information content (AvgIpc) is 2.40. The quantitative estimate of drug-likeness (QED) is 0.591. The minimum atomic E-state index is -4.71. The number of alkyl halides is 3. The molecule has 20 heavy (non-hydrogen) atoms. The van der Waals surface area contributed by atoms with Crippen LogP contribution in [0.2, 0.25) is 0 Å². The molecule has 9 heteroatoms. The molecule has 0 unspecified atom stereocenters. The molecular formula is C11H10F3N5O. The van der Waals surface area contributed by atoms with Gasteiger partial charge in [0, 0.05) is 11.9 Å². The van der Waals surface area contributed by atoms with Gasteiger partial charge in [0.05, 0.1) is 0 Å². The number of nitrogens with two attached hydrogens (primary N) is 1. The lowest BCUT2D eigenvalue weighted by molar-refractivity contribution is -0.274. The van der Waals surface area contributed by atoms with E-state index >= 15 is 0 Å². The van der Waals surface area contributed by atoms with Crippen LogP contribution in [0.3, 0.4) is 0 Å². The monoisotopic (exact) mass is 285 g/mol. The van der Waals surface area contributed by atoms with E-state index in [0.29, 0.717) is 11.5 Å². The van der Waals surface area contributed by atoms with Crippen molar-refractivity contribution in [1.29, 1.82) is 0 Å². The third-order valence-electron chi connectivity index (χ3n) is 2.14. The van der Waals surface area contributed by atoms with Gasteiger partial charge in [-0.3, -0.25) is 5.43 Å². The Bertz CT molecular complexity index is 573. The van der Waals surface area contributed by atoms with Crippen molar-refractivity contribution in [2.75, 3.05) is 10.7 Å². The molecule has 0 spiro atoms. The lowest BCUT2D eigenvalue weighted by Crippen LogP contribution is -2.17. The van der Waals surface area contributed by atoms with E-state index in [4.69, 9.17) is 5.84 Å². The van der Waals surface area contributed by atoms with Crippen LogP contribution >= 0.6 is 0 Å². The highest BCUT2D eigenvalue weighted by Gasteiger charge is 2.30. The second-order valence-electron chi connectivity index (χ2n) is 3.61. The Hall–Kier alpha value is -2.55. The Labute approximate surface area is 111 Å². The highest BCUT2D eigenvalue weighted by molar-refractivity contribution is 5.57. The van der Waals surface area contributed by atoms with Gasteiger partial charge in [-0.1, -0.05) is 0 Å². The Morgan fingerprint density at radius 1 is 1.10 bits per heavy atom. The lowest BCUT2D eigenvalue weighted by Gasteiger charge is -2.10. The van der Waals surface area contributed by atoms with E-state index in [1.54, 1.807) is 6.07 Å². The van der Waals surface area contributed by atoms with E-state index in [-0.39, 0.29) is 11.7 Å². The van der Waals surface area contributed by atoms with Crippen molar-refractivity contribution >= 4 is 17.5 Å². The largest absolute Gasteiger partial charge is 0.573 e. The Morgan fingerprint density at radius 2 is 1.80 bits per heavy atom. The first-order chi connectivity index (χ1) is 9.46. The van der Waals surface area contributed by atoms with Crippen molar-refractivity contribution in [3.63, 3.8) is 0 Å². The molecule has 2 rings (SSSR count). The van der Waals surface area contributed by atoms with Gasteiger partial charge >= 0.3 is 6.36 Å². The van der Waals surface area contributed by atoms with Gasteiger partial charge < -0.3 is 10.1 Å². The fourth-order valence-corrected chi connectivity index (χ4v) is 1.39. The number of hydrogen-bond acceptors (Lipinski definition) is 6. The number of nitrogens with zero attached hydrogens (tertiary/aromatic N) is 2. The Balaban J connectivity index is 2.06. The summed E-state index contributed by atoms with van der Waals surface area (Å²) in [5, 5.41) is 2.89. The van der Waals surface area contributed by atoms with Crippen LogP contribution in [-0.4, -0.2) is 16.3 Å². The van der Waals surface area contributed by atoms with Gasteiger partial charge in [-0.15, -0.1) is 13.2 Å². The number of benzene rings is 1. The van der Waals surface area contributed by atoms with E-state index < -0.39 is 6.36 Å². The zero-order valence-corrected chi connectivity index (χ0v) is 9.98. The fraction of sp³-hybridized carbons (Fsp3) is 0.0909. The van der Waals surface area contributed by atoms with Crippen molar-refractivity contribution in [2.24, 2.45) is 5.84 Å². The van der Waals surface area contributed by atoms with Gasteiger partial charge in [-0.05, 0) is 30.3 Å². The molecule has 0 atom stereocenters. The average molecular weight is 285 g/mol. The number of anilines is 3. The van der Waals surface area contributed by atoms with Crippen molar-refractivity contribution < 1.29 is 17.9 Å². The summed E-state index contributed by atoms with van der Waals surface area (Å²) < 4.78 is 39.8. The van der Waals surface area contributed by atoms with Crippen LogP contribution in [0.4, 0.5) is 30.6 Å². The molecular weight excluding hydrogens is 275 g/mol. The number of halogens is 3. The first kappa shape index (κ1) is 13.9. The smallest absolute Gasteiger partial charge is 0.406 e. The lowest BCUT2D eigenvalue weighted by atomic mass is 10.3. The standard InChI is InChI=1S/C11H10F3N5O/c12-11(13,14)20-8-3-1-7(2-4-8)17-9-5-6-16-10(18-9)19-15/h1-6H,15H2,(H2,16,17,18,19). The summed E-state index contributed by atoms with van der Waals surface area (Å²) in [6.45, 7) is 0. The second kappa shape index (κ2) is 5.61. The molecule has 0 saturated heterocycles. The second-order valence-corrected chi connectivity index (χ2v) is 3.61. The Kier molecular flexibility index (Phi) is 3.89. The maximum absolute atomic E-state index is 12.0. The molecule has 2 aromatic rings. The normalized spacial score (nSPS) is 11.0. The van der Waals surface area contributed by atoms with Crippen LogP contribution in [0.1, 0.15) is 0 Å². The maximum atomic E-state index is 12.0. The topological polar surface area (TPSA) is 85.1 Å². The molecule has 0 fully saturated rings. The van der Waals surface area contributed by atoms with Crippen molar-refractivity contribution in [3.05, 3.63) is 36.5 Å². The molecule has 6 nitrogen and oxygen atoms in total. The molecule has 1 heterocycles. The van der Waals surface area contributed by atoms with E-state index in [2.05, 4.69) is 25.4 Å². The number of aromatic nitrogens is 2. The van der Waals surface area contributed by atoms with Crippen molar-refractivity contribution in [3.8, 4) is 5.75 Å². The number of nitrogen functional groups attached to an aromatic ring is 1. The molecule has 0 aliphatic rings. The van der Waals surface area contributed by atoms with E-state index in [0.717, 1.165) is 0 Å². The summed E-state index contributed by atoms with van der Waals surface area (Å²) in [5.41, 5.74) is 2.82. The first-order valence-corrected chi connectivity index (χ1v) is 5.39. The summed E-state index contributed by atoms with van der Waals surface area (Å²) >= 11 is 0. The highest BCUT2D eigenvalue weighted by atomic mass is 19.4. The highest BCUT2D eigenvalue weighted by Crippen LogP contribution is 2.24. The van der Waals surface area contributed by atoms with Gasteiger partial charge in [0.15, 0.2) is 0 Å². The molecule has 4 N–H and O–H groups in total. The van der Waals surface area contributed by atoms with Gasteiger partial charge in [0.25, 0.3) is 0 Å². The summed E-state index contributed by atoms with van der Waals surface area (Å²) in [7, 11) is 0. The Morgan fingerprint density at radius 3 is 2.40 bits per heavy atom. The van der Waals surface area contributed by atoms with E-state index in [1.807, 2.05) is 0 Å². The van der Waals surface area contributed by atoms with E-state index in [9.17, 15) is 13.2 Å². The third-order valence-corrected chi connectivity index (χ3v) is 2.14. The molecule has 1 aromatic carbocycles. The number of nitrogens with one attached hydrogen (secondary N) is 2. The number of hydrazine groups is 1. The van der Waals surface area contributed by atoms with E-state index in [1.165, 1.54) is 30.5 Å².